The van der Waals surface area contributed by atoms with Crippen LogP contribution in [0, 0.1) is 13.8 Å². The maximum absolute atomic E-state index is 12.7. The second-order valence-electron chi connectivity index (χ2n) is 6.07. The summed E-state index contributed by atoms with van der Waals surface area (Å²) >= 11 is 0. The van der Waals surface area contributed by atoms with Gasteiger partial charge in [-0.05, 0) is 43.7 Å². The Bertz CT molecular complexity index is 938. The van der Waals surface area contributed by atoms with Gasteiger partial charge in [0.2, 0.25) is 5.91 Å². The van der Waals surface area contributed by atoms with Gasteiger partial charge in [0.15, 0.2) is 0 Å². The number of carbonyl (C=O) groups excluding carboxylic acids is 1. The van der Waals surface area contributed by atoms with Gasteiger partial charge in [0.1, 0.15) is 12.4 Å². The van der Waals surface area contributed by atoms with Gasteiger partial charge in [-0.3, -0.25) is 9.52 Å². The Kier molecular flexibility index (Phi) is 4.43. The number of sulfonamides is 1. The number of carbonyl (C=O) groups is 1. The number of amides is 1. The first kappa shape index (κ1) is 17.3. The van der Waals surface area contributed by atoms with Crippen molar-refractivity contribution < 1.29 is 17.9 Å². The van der Waals surface area contributed by atoms with Crippen LogP contribution < -0.4 is 14.4 Å². The number of nitrogens with one attached hydrogen (secondary N) is 1. The number of rotatable bonds is 3. The van der Waals surface area contributed by atoms with Gasteiger partial charge >= 0.3 is 0 Å². The number of aryl methyl sites for hydroxylation is 2. The maximum atomic E-state index is 12.7. The highest BCUT2D eigenvalue weighted by molar-refractivity contribution is 7.92. The van der Waals surface area contributed by atoms with Gasteiger partial charge in [-0.1, -0.05) is 17.7 Å². The second-order valence-corrected chi connectivity index (χ2v) is 7.75. The van der Waals surface area contributed by atoms with Crippen molar-refractivity contribution in [2.45, 2.75) is 25.7 Å². The highest BCUT2D eigenvalue weighted by Crippen LogP contribution is 2.34. The van der Waals surface area contributed by atoms with Gasteiger partial charge in [0.05, 0.1) is 22.8 Å². The van der Waals surface area contributed by atoms with E-state index in [2.05, 4.69) is 4.72 Å². The van der Waals surface area contributed by atoms with Crippen LogP contribution in [-0.2, 0) is 14.8 Å². The molecule has 1 heterocycles. The fourth-order valence-corrected chi connectivity index (χ4v) is 3.97. The summed E-state index contributed by atoms with van der Waals surface area (Å²) < 4.78 is 33.6. The summed E-state index contributed by atoms with van der Waals surface area (Å²) in [5.74, 6) is 0.355. The van der Waals surface area contributed by atoms with Gasteiger partial charge in [0, 0.05) is 6.92 Å². The molecule has 0 spiro atoms. The molecule has 0 unspecified atom stereocenters. The minimum absolute atomic E-state index is 0.0861. The van der Waals surface area contributed by atoms with Crippen LogP contribution in [0.3, 0.4) is 0 Å². The quantitative estimate of drug-likeness (QED) is 0.913. The van der Waals surface area contributed by atoms with Crippen LogP contribution in [-0.4, -0.2) is 27.5 Å². The van der Waals surface area contributed by atoms with E-state index in [0.717, 1.165) is 11.1 Å². The summed E-state index contributed by atoms with van der Waals surface area (Å²) in [6, 6.07) is 10.0. The lowest BCUT2D eigenvalue weighted by atomic mass is 10.1. The molecule has 7 heteroatoms. The van der Waals surface area contributed by atoms with Crippen molar-refractivity contribution in [1.29, 1.82) is 0 Å². The van der Waals surface area contributed by atoms with E-state index in [-0.39, 0.29) is 10.8 Å². The van der Waals surface area contributed by atoms with Crippen molar-refractivity contribution in [2.24, 2.45) is 0 Å². The van der Waals surface area contributed by atoms with E-state index in [1.54, 1.807) is 12.1 Å². The highest BCUT2D eigenvalue weighted by atomic mass is 32.2. The second kappa shape index (κ2) is 6.40. The molecule has 3 rings (SSSR count). The first-order chi connectivity index (χ1) is 11.8. The largest absolute Gasteiger partial charge is 0.490 e. The Morgan fingerprint density at radius 1 is 1.16 bits per heavy atom. The first-order valence-electron chi connectivity index (χ1n) is 7.93. The molecule has 0 saturated heterocycles. The third-order valence-corrected chi connectivity index (χ3v) is 5.47. The van der Waals surface area contributed by atoms with Gasteiger partial charge in [-0.2, -0.15) is 0 Å². The number of hydrogen-bond donors (Lipinski definition) is 1. The fourth-order valence-electron chi connectivity index (χ4n) is 2.82. The molecule has 2 aromatic carbocycles. The molecular weight excluding hydrogens is 340 g/mol. The number of anilines is 2. The van der Waals surface area contributed by atoms with Gasteiger partial charge < -0.3 is 9.64 Å². The smallest absolute Gasteiger partial charge is 0.261 e. The Labute approximate surface area is 147 Å². The van der Waals surface area contributed by atoms with Crippen molar-refractivity contribution >= 4 is 27.3 Å². The van der Waals surface area contributed by atoms with Crippen LogP contribution in [0.25, 0.3) is 0 Å². The summed E-state index contributed by atoms with van der Waals surface area (Å²) in [4.78, 5) is 13.4. The molecule has 132 valence electrons. The number of benzene rings is 2. The maximum Gasteiger partial charge on any atom is 0.261 e. The van der Waals surface area contributed by atoms with E-state index in [4.69, 9.17) is 4.74 Å². The SMILES string of the molecule is CC(=O)N1CCOc2ccc(S(=O)(=O)Nc3ccc(C)cc3C)cc21. The number of ether oxygens (including phenoxy) is 1. The molecule has 0 radical (unpaired) electrons. The zero-order valence-corrected chi connectivity index (χ0v) is 15.2. The third kappa shape index (κ3) is 3.46. The predicted molar refractivity (Wildman–Crippen MR) is 96.7 cm³/mol. The van der Waals surface area contributed by atoms with E-state index < -0.39 is 10.0 Å². The zero-order chi connectivity index (χ0) is 18.2. The van der Waals surface area contributed by atoms with Crippen molar-refractivity contribution in [2.75, 3.05) is 22.8 Å². The molecule has 0 fully saturated rings. The zero-order valence-electron chi connectivity index (χ0n) is 14.4. The highest BCUT2D eigenvalue weighted by Gasteiger charge is 2.24. The molecule has 1 aliphatic rings. The third-order valence-electron chi connectivity index (χ3n) is 4.11. The van der Waals surface area contributed by atoms with Crippen molar-refractivity contribution in [1.82, 2.24) is 0 Å². The molecular formula is C18H20N2O4S. The molecule has 2 aromatic rings. The lowest BCUT2D eigenvalue weighted by Crippen LogP contribution is -2.36. The van der Waals surface area contributed by atoms with E-state index in [0.29, 0.717) is 30.3 Å². The minimum Gasteiger partial charge on any atom is -0.490 e. The molecule has 0 atom stereocenters. The standard InChI is InChI=1S/C18H20N2O4S/c1-12-4-6-16(13(2)10-12)19-25(22,23)15-5-7-18-17(11-15)20(14(3)21)8-9-24-18/h4-7,10-11,19H,8-9H2,1-3H3. The topological polar surface area (TPSA) is 75.7 Å². The van der Waals surface area contributed by atoms with Crippen molar-refractivity contribution in [3.05, 3.63) is 47.5 Å². The van der Waals surface area contributed by atoms with Crippen LogP contribution in [0.5, 0.6) is 5.75 Å². The van der Waals surface area contributed by atoms with Crippen LogP contribution >= 0.6 is 0 Å². The number of nitrogens with zero attached hydrogens (tertiary/aromatic N) is 1. The number of hydrogen-bond acceptors (Lipinski definition) is 4. The Balaban J connectivity index is 1.98. The summed E-state index contributed by atoms with van der Waals surface area (Å²) in [7, 11) is -3.77. The van der Waals surface area contributed by atoms with Crippen molar-refractivity contribution in [3.63, 3.8) is 0 Å². The fraction of sp³-hybridized carbons (Fsp3) is 0.278. The summed E-state index contributed by atoms with van der Waals surface area (Å²) in [5, 5.41) is 0. The average molecular weight is 360 g/mol. The van der Waals surface area contributed by atoms with Crippen LogP contribution in [0.4, 0.5) is 11.4 Å². The molecule has 0 bridgehead atoms. The van der Waals surface area contributed by atoms with Crippen molar-refractivity contribution in [3.8, 4) is 5.75 Å². The van der Waals surface area contributed by atoms with Crippen LogP contribution in [0.1, 0.15) is 18.1 Å². The van der Waals surface area contributed by atoms with Gasteiger partial charge in [-0.15, -0.1) is 0 Å². The van der Waals surface area contributed by atoms with Crippen LogP contribution in [0.2, 0.25) is 0 Å². The van der Waals surface area contributed by atoms with Gasteiger partial charge in [-0.25, -0.2) is 8.42 Å². The average Bonchev–Trinajstić information content (AvgIpc) is 2.56. The molecule has 1 aliphatic heterocycles. The molecule has 1 amide bonds. The first-order valence-corrected chi connectivity index (χ1v) is 9.41. The lowest BCUT2D eigenvalue weighted by molar-refractivity contribution is -0.116. The Hall–Kier alpha value is -2.54. The molecule has 6 nitrogen and oxygen atoms in total. The van der Waals surface area contributed by atoms with E-state index >= 15 is 0 Å². The Morgan fingerprint density at radius 3 is 2.60 bits per heavy atom. The number of fused-ring (bicyclic) bond motifs is 1. The normalized spacial score (nSPS) is 13.8. The summed E-state index contributed by atoms with van der Waals surface area (Å²) in [5.41, 5.74) is 2.91. The minimum atomic E-state index is -3.77. The molecule has 0 aromatic heterocycles. The molecule has 1 N–H and O–H groups in total. The molecule has 0 saturated carbocycles. The Morgan fingerprint density at radius 2 is 1.92 bits per heavy atom. The predicted octanol–water partition coefficient (Wildman–Crippen LogP) is 2.85. The van der Waals surface area contributed by atoms with E-state index in [1.165, 1.54) is 24.0 Å². The molecule has 25 heavy (non-hydrogen) atoms. The molecule has 0 aliphatic carbocycles. The lowest BCUT2D eigenvalue weighted by Gasteiger charge is -2.29. The van der Waals surface area contributed by atoms with Crippen LogP contribution in [0.15, 0.2) is 41.3 Å². The van der Waals surface area contributed by atoms with E-state index in [9.17, 15) is 13.2 Å². The monoisotopic (exact) mass is 360 g/mol. The van der Waals surface area contributed by atoms with E-state index in [1.807, 2.05) is 26.0 Å². The summed E-state index contributed by atoms with van der Waals surface area (Å²) in [6.07, 6.45) is 0. The van der Waals surface area contributed by atoms with Gasteiger partial charge in [0.25, 0.3) is 10.0 Å². The summed E-state index contributed by atoms with van der Waals surface area (Å²) in [6.45, 7) is 6.04.